The van der Waals surface area contributed by atoms with Crippen LogP contribution in [0.25, 0.3) is 0 Å². The maximum atomic E-state index is 12.4. The van der Waals surface area contributed by atoms with Gasteiger partial charge in [0.05, 0.1) is 14.2 Å². The summed E-state index contributed by atoms with van der Waals surface area (Å²) in [4.78, 5) is 0.0662. The van der Waals surface area contributed by atoms with Gasteiger partial charge in [-0.1, -0.05) is 6.92 Å². The molecule has 1 aromatic carbocycles. The van der Waals surface area contributed by atoms with Gasteiger partial charge >= 0.3 is 0 Å². The second kappa shape index (κ2) is 7.98. The largest absolute Gasteiger partial charge is 0.493 e. The topological polar surface area (TPSA) is 84.9 Å². The Balaban J connectivity index is 3.19. The maximum absolute atomic E-state index is 12.4. The summed E-state index contributed by atoms with van der Waals surface area (Å²) in [5.74, 6) is 0.766. The molecule has 8 heteroatoms. The van der Waals surface area contributed by atoms with E-state index in [9.17, 15) is 8.42 Å². The molecule has 0 amide bonds. The minimum absolute atomic E-state index is 0.0662. The standard InChI is InChI=1S/C13H20BrNO5S/c1-4-9(5-6-16)15-21(17,18)13-8-12(20-3)11(19-2)7-10(13)14/h7-9,15-16H,4-6H2,1-3H3. The third-order valence-corrected chi connectivity index (χ3v) is 5.50. The maximum Gasteiger partial charge on any atom is 0.242 e. The number of hydrogen-bond donors (Lipinski definition) is 2. The van der Waals surface area contributed by atoms with Crippen LogP contribution in [0.1, 0.15) is 19.8 Å². The van der Waals surface area contributed by atoms with Gasteiger partial charge < -0.3 is 14.6 Å². The van der Waals surface area contributed by atoms with Crippen molar-refractivity contribution in [2.24, 2.45) is 0 Å². The van der Waals surface area contributed by atoms with Crippen LogP contribution >= 0.6 is 15.9 Å². The van der Waals surface area contributed by atoms with E-state index < -0.39 is 10.0 Å². The highest BCUT2D eigenvalue weighted by molar-refractivity contribution is 9.10. The predicted octanol–water partition coefficient (Wildman–Crippen LogP) is 1.91. The average Bonchev–Trinajstić information content (AvgIpc) is 2.45. The monoisotopic (exact) mass is 381 g/mol. The first kappa shape index (κ1) is 18.2. The Morgan fingerprint density at radius 2 is 1.86 bits per heavy atom. The second-order valence-corrected chi connectivity index (χ2v) is 6.91. The first-order valence-corrected chi connectivity index (χ1v) is 8.71. The van der Waals surface area contributed by atoms with Crippen LogP contribution in [0.5, 0.6) is 11.5 Å². The van der Waals surface area contributed by atoms with Gasteiger partial charge in [-0.25, -0.2) is 13.1 Å². The van der Waals surface area contributed by atoms with Crippen molar-refractivity contribution in [1.82, 2.24) is 4.72 Å². The second-order valence-electron chi connectivity index (χ2n) is 4.38. The van der Waals surface area contributed by atoms with E-state index >= 15 is 0 Å². The number of benzene rings is 1. The van der Waals surface area contributed by atoms with Crippen LogP contribution in [-0.4, -0.2) is 40.4 Å². The minimum atomic E-state index is -3.73. The molecule has 0 aliphatic rings. The van der Waals surface area contributed by atoms with Crippen LogP contribution in [0.3, 0.4) is 0 Å². The molecule has 0 saturated heterocycles. The van der Waals surface area contributed by atoms with Crippen LogP contribution in [0.15, 0.2) is 21.5 Å². The molecular formula is C13H20BrNO5S. The van der Waals surface area contributed by atoms with Crippen molar-refractivity contribution in [3.05, 3.63) is 16.6 Å². The molecule has 6 nitrogen and oxygen atoms in total. The summed E-state index contributed by atoms with van der Waals surface area (Å²) in [5.41, 5.74) is 0. The third-order valence-electron chi connectivity index (χ3n) is 3.02. The van der Waals surface area contributed by atoms with E-state index in [0.717, 1.165) is 0 Å². The molecule has 21 heavy (non-hydrogen) atoms. The fraction of sp³-hybridized carbons (Fsp3) is 0.538. The van der Waals surface area contributed by atoms with Gasteiger partial charge in [0.1, 0.15) is 4.90 Å². The zero-order chi connectivity index (χ0) is 16.0. The molecule has 0 bridgehead atoms. The highest BCUT2D eigenvalue weighted by Gasteiger charge is 2.23. The summed E-state index contributed by atoms with van der Waals surface area (Å²) in [6, 6.07) is 2.62. The van der Waals surface area contributed by atoms with E-state index in [-0.39, 0.29) is 17.5 Å². The molecule has 0 aromatic heterocycles. The van der Waals surface area contributed by atoms with Crippen molar-refractivity contribution in [3.8, 4) is 11.5 Å². The molecule has 2 N–H and O–H groups in total. The molecule has 1 atom stereocenters. The van der Waals surface area contributed by atoms with E-state index in [1.807, 2.05) is 6.92 Å². The fourth-order valence-electron chi connectivity index (χ4n) is 1.83. The Kier molecular flexibility index (Phi) is 6.92. The number of aliphatic hydroxyl groups is 1. The van der Waals surface area contributed by atoms with Crippen molar-refractivity contribution in [3.63, 3.8) is 0 Å². The average molecular weight is 382 g/mol. The number of aliphatic hydroxyl groups excluding tert-OH is 1. The fourth-order valence-corrected chi connectivity index (χ4v) is 4.22. The lowest BCUT2D eigenvalue weighted by Crippen LogP contribution is -2.35. The summed E-state index contributed by atoms with van der Waals surface area (Å²) < 4.78 is 38.1. The minimum Gasteiger partial charge on any atom is -0.493 e. The number of sulfonamides is 1. The third kappa shape index (κ3) is 4.57. The number of nitrogens with one attached hydrogen (secondary N) is 1. The van der Waals surface area contributed by atoms with E-state index in [1.165, 1.54) is 20.3 Å². The molecule has 0 aliphatic heterocycles. The van der Waals surface area contributed by atoms with Crippen molar-refractivity contribution >= 4 is 26.0 Å². The molecular weight excluding hydrogens is 362 g/mol. The molecule has 0 aliphatic carbocycles. The molecule has 0 fully saturated rings. The number of halogens is 1. The van der Waals surface area contributed by atoms with E-state index in [1.54, 1.807) is 6.07 Å². The molecule has 1 unspecified atom stereocenters. The highest BCUT2D eigenvalue weighted by Crippen LogP contribution is 2.35. The lowest BCUT2D eigenvalue weighted by atomic mass is 10.2. The molecule has 0 saturated carbocycles. The number of methoxy groups -OCH3 is 2. The van der Waals surface area contributed by atoms with Gasteiger partial charge in [0.2, 0.25) is 10.0 Å². The number of hydrogen-bond acceptors (Lipinski definition) is 5. The first-order chi connectivity index (χ1) is 9.89. The van der Waals surface area contributed by atoms with Gasteiger partial charge in [0.25, 0.3) is 0 Å². The van der Waals surface area contributed by atoms with Crippen LogP contribution in [0.4, 0.5) is 0 Å². The SMILES string of the molecule is CCC(CCO)NS(=O)(=O)c1cc(OC)c(OC)cc1Br. The lowest BCUT2D eigenvalue weighted by Gasteiger charge is -2.18. The van der Waals surface area contributed by atoms with Gasteiger partial charge in [-0.15, -0.1) is 0 Å². The summed E-state index contributed by atoms with van der Waals surface area (Å²) >= 11 is 3.23. The van der Waals surface area contributed by atoms with E-state index in [0.29, 0.717) is 28.8 Å². The Labute approximate surface area is 133 Å². The van der Waals surface area contributed by atoms with Gasteiger partial charge in [-0.05, 0) is 34.8 Å². The summed E-state index contributed by atoms with van der Waals surface area (Å²) in [5, 5.41) is 8.96. The molecule has 1 rings (SSSR count). The summed E-state index contributed by atoms with van der Waals surface area (Å²) in [6.07, 6.45) is 0.950. The number of ether oxygens (including phenoxy) is 2. The molecule has 120 valence electrons. The van der Waals surface area contributed by atoms with Crippen LogP contribution in [-0.2, 0) is 10.0 Å². The summed E-state index contributed by atoms with van der Waals surface area (Å²) in [6.45, 7) is 1.78. The van der Waals surface area contributed by atoms with Crippen molar-refractivity contribution in [2.45, 2.75) is 30.7 Å². The number of rotatable bonds is 8. The van der Waals surface area contributed by atoms with Crippen molar-refractivity contribution < 1.29 is 23.0 Å². The van der Waals surface area contributed by atoms with Crippen LogP contribution in [0.2, 0.25) is 0 Å². The Bertz CT molecular complexity index is 576. The van der Waals surface area contributed by atoms with E-state index in [2.05, 4.69) is 20.7 Å². The van der Waals surface area contributed by atoms with Crippen LogP contribution in [0, 0.1) is 0 Å². The molecule has 1 aromatic rings. The zero-order valence-electron chi connectivity index (χ0n) is 12.2. The first-order valence-electron chi connectivity index (χ1n) is 6.44. The quantitative estimate of drug-likeness (QED) is 0.718. The van der Waals surface area contributed by atoms with Gasteiger partial charge in [0, 0.05) is 23.2 Å². The Hall–Kier alpha value is -0.830. The zero-order valence-corrected chi connectivity index (χ0v) is 14.6. The van der Waals surface area contributed by atoms with Crippen LogP contribution < -0.4 is 14.2 Å². The normalized spacial score (nSPS) is 13.0. The van der Waals surface area contributed by atoms with Gasteiger partial charge in [-0.2, -0.15) is 0 Å². The highest BCUT2D eigenvalue weighted by atomic mass is 79.9. The Morgan fingerprint density at radius 3 is 2.33 bits per heavy atom. The Morgan fingerprint density at radius 1 is 1.29 bits per heavy atom. The van der Waals surface area contributed by atoms with Crippen molar-refractivity contribution in [1.29, 1.82) is 0 Å². The molecule has 0 spiro atoms. The predicted molar refractivity (Wildman–Crippen MR) is 83.3 cm³/mol. The van der Waals surface area contributed by atoms with E-state index in [4.69, 9.17) is 14.6 Å². The molecule has 0 heterocycles. The van der Waals surface area contributed by atoms with Gasteiger partial charge in [-0.3, -0.25) is 0 Å². The van der Waals surface area contributed by atoms with Crippen molar-refractivity contribution in [2.75, 3.05) is 20.8 Å². The smallest absolute Gasteiger partial charge is 0.242 e. The molecule has 0 radical (unpaired) electrons. The summed E-state index contributed by atoms with van der Waals surface area (Å²) in [7, 11) is -0.808. The van der Waals surface area contributed by atoms with Gasteiger partial charge in [0.15, 0.2) is 11.5 Å². The lowest BCUT2D eigenvalue weighted by molar-refractivity contribution is 0.270.